The van der Waals surface area contributed by atoms with E-state index in [4.69, 9.17) is 9.47 Å². The first-order valence-corrected chi connectivity index (χ1v) is 14.2. The normalized spacial score (nSPS) is 34.1. The highest BCUT2D eigenvalue weighted by Gasteiger charge is 2.95. The zero-order chi connectivity index (χ0) is 28.9. The Bertz CT molecular complexity index is 1400. The molecule has 7 heteroatoms. The lowest BCUT2D eigenvalue weighted by molar-refractivity contribution is -0.172. The summed E-state index contributed by atoms with van der Waals surface area (Å²) >= 11 is 0. The Balaban J connectivity index is 1.28. The van der Waals surface area contributed by atoms with Crippen LogP contribution in [0.3, 0.4) is 0 Å². The number of hydrogen-bond acceptors (Lipinski definition) is 5. The Kier molecular flexibility index (Phi) is 5.70. The smallest absolute Gasteiger partial charge is 0.337 e. The van der Waals surface area contributed by atoms with Crippen LogP contribution in [0.4, 0.5) is 4.79 Å². The van der Waals surface area contributed by atoms with Crippen LogP contribution in [0.15, 0.2) is 61.2 Å². The highest BCUT2D eigenvalue weighted by atomic mass is 16.6. The fourth-order valence-corrected chi connectivity index (χ4v) is 8.43. The van der Waals surface area contributed by atoms with E-state index >= 15 is 0 Å². The molecule has 7 nitrogen and oxygen atoms in total. The summed E-state index contributed by atoms with van der Waals surface area (Å²) < 4.78 is 13.0. The summed E-state index contributed by atoms with van der Waals surface area (Å²) in [6.45, 7) is 16.7. The summed E-state index contributed by atoms with van der Waals surface area (Å²) in [4.78, 5) is 26.4. The van der Waals surface area contributed by atoms with Gasteiger partial charge in [0.1, 0.15) is 17.3 Å². The monoisotopic (exact) mass is 544 g/mol. The number of fused-ring (bicyclic) bond motifs is 3. The van der Waals surface area contributed by atoms with E-state index in [0.717, 1.165) is 11.1 Å². The minimum atomic E-state index is -1.59. The van der Waals surface area contributed by atoms with Gasteiger partial charge >= 0.3 is 12.0 Å². The van der Waals surface area contributed by atoms with E-state index in [1.54, 1.807) is 24.3 Å². The van der Waals surface area contributed by atoms with Gasteiger partial charge in [-0.25, -0.2) is 9.59 Å². The van der Waals surface area contributed by atoms with Crippen molar-refractivity contribution in [2.75, 3.05) is 0 Å². The highest BCUT2D eigenvalue weighted by Crippen LogP contribution is 2.89. The van der Waals surface area contributed by atoms with Crippen molar-refractivity contribution in [2.24, 2.45) is 16.7 Å². The van der Waals surface area contributed by atoms with Gasteiger partial charge in [-0.05, 0) is 54.9 Å². The lowest BCUT2D eigenvalue weighted by Crippen LogP contribution is -2.54. The van der Waals surface area contributed by atoms with Gasteiger partial charge in [-0.2, -0.15) is 0 Å². The number of esters is 1. The number of urea groups is 1. The number of aliphatic hydroxyl groups is 1. The molecule has 212 valence electrons. The van der Waals surface area contributed by atoms with Gasteiger partial charge in [-0.3, -0.25) is 0 Å². The van der Waals surface area contributed by atoms with Crippen molar-refractivity contribution in [1.82, 2.24) is 10.6 Å². The van der Waals surface area contributed by atoms with Crippen LogP contribution in [0.25, 0.3) is 5.57 Å². The number of benzene rings is 2. The van der Waals surface area contributed by atoms with E-state index in [2.05, 4.69) is 56.2 Å². The minimum Gasteiger partial charge on any atom is -0.460 e. The van der Waals surface area contributed by atoms with Crippen molar-refractivity contribution >= 4 is 17.6 Å². The van der Waals surface area contributed by atoms with Gasteiger partial charge in [0.15, 0.2) is 6.10 Å². The van der Waals surface area contributed by atoms with Gasteiger partial charge in [-0.1, -0.05) is 81.9 Å². The maximum Gasteiger partial charge on any atom is 0.337 e. The lowest BCUT2D eigenvalue weighted by atomic mass is 9.59. The molecule has 3 N–H and O–H groups in total. The average Bonchev–Trinajstić information content (AvgIpc) is 3.52. The molecule has 0 spiro atoms. The van der Waals surface area contributed by atoms with Crippen LogP contribution in [0.2, 0.25) is 0 Å². The van der Waals surface area contributed by atoms with E-state index in [9.17, 15) is 14.7 Å². The van der Waals surface area contributed by atoms with Gasteiger partial charge in [0.2, 0.25) is 0 Å². The number of nitrogens with one attached hydrogen (secondary N) is 2. The fourth-order valence-electron chi connectivity index (χ4n) is 8.43. The largest absolute Gasteiger partial charge is 0.460 e. The molecule has 7 atom stereocenters. The summed E-state index contributed by atoms with van der Waals surface area (Å²) in [5, 5.41) is 17.0. The Hall–Kier alpha value is -3.16. The summed E-state index contributed by atoms with van der Waals surface area (Å²) in [5.74, 6) is -0.619. The topological polar surface area (TPSA) is 100 Å². The number of epoxide rings is 1. The van der Waals surface area contributed by atoms with Crippen LogP contribution in [0.1, 0.15) is 77.1 Å². The van der Waals surface area contributed by atoms with E-state index in [-0.39, 0.29) is 11.3 Å². The van der Waals surface area contributed by atoms with Crippen LogP contribution in [-0.2, 0) is 19.9 Å². The molecule has 1 aliphatic heterocycles. The summed E-state index contributed by atoms with van der Waals surface area (Å²) in [6, 6.07) is 15.9. The second-order valence-electron chi connectivity index (χ2n) is 13.8. The molecule has 2 saturated carbocycles. The molecule has 3 fully saturated rings. The number of carbonyl (C=O) groups excluding carboxylic acids is 2. The molecule has 40 heavy (non-hydrogen) atoms. The molecule has 2 amide bonds. The standard InChI is InChI=1S/C33H40N2O5/c1-19-18-32-31(7)24(17-23(30(31,5)6)33(32,40-32)22-16-12-11-15-21(19)22)39-27(37)26(36)25(20-13-9-8-10-14-20)34-28(38)35-29(2,3)4/h8-16,23-26,36H,1,17-18H2,2-7H3,(H2,34,35,38)/t23?,24?,25-,26+,31?,32-,33+/m0/s1. The Morgan fingerprint density at radius 1 is 1.07 bits per heavy atom. The fraction of sp³-hybridized carbons (Fsp3) is 0.515. The number of aliphatic hydroxyl groups excluding tert-OH is 1. The maximum atomic E-state index is 13.6. The van der Waals surface area contributed by atoms with Crippen molar-refractivity contribution in [3.8, 4) is 0 Å². The first-order chi connectivity index (χ1) is 18.7. The lowest BCUT2D eigenvalue weighted by Gasteiger charge is -2.45. The van der Waals surface area contributed by atoms with Crippen molar-refractivity contribution in [2.45, 2.75) is 89.4 Å². The molecule has 3 unspecified atom stereocenters. The van der Waals surface area contributed by atoms with Gasteiger partial charge in [0, 0.05) is 23.3 Å². The number of ether oxygens (including phenoxy) is 2. The summed E-state index contributed by atoms with van der Waals surface area (Å²) in [5.41, 5.74) is 1.89. The Morgan fingerprint density at radius 2 is 1.73 bits per heavy atom. The minimum absolute atomic E-state index is 0.134. The molecule has 6 rings (SSSR count). The molecule has 2 aromatic carbocycles. The number of carbonyl (C=O) groups is 2. The van der Waals surface area contributed by atoms with Crippen LogP contribution in [0, 0.1) is 16.7 Å². The molecule has 0 aromatic heterocycles. The zero-order valence-electron chi connectivity index (χ0n) is 24.2. The first-order valence-electron chi connectivity index (χ1n) is 14.2. The molecule has 3 aliphatic carbocycles. The van der Waals surface area contributed by atoms with Crippen LogP contribution >= 0.6 is 0 Å². The van der Waals surface area contributed by atoms with E-state index in [1.165, 1.54) is 5.56 Å². The van der Waals surface area contributed by atoms with Gasteiger partial charge in [-0.15, -0.1) is 0 Å². The van der Waals surface area contributed by atoms with E-state index in [1.807, 2.05) is 32.9 Å². The predicted octanol–water partition coefficient (Wildman–Crippen LogP) is 5.25. The molecule has 2 aromatic rings. The third kappa shape index (κ3) is 3.37. The SMILES string of the molecule is C=C1C[C@@]23O[C@]2(c2ccccc21)C1CC(OC(=O)[C@H](O)[C@@H](NC(=O)NC(C)(C)C)c2ccccc2)C3(C)C1(C)C. The van der Waals surface area contributed by atoms with Gasteiger partial charge < -0.3 is 25.2 Å². The molecule has 4 aliphatic rings. The van der Waals surface area contributed by atoms with Crippen molar-refractivity contribution in [1.29, 1.82) is 0 Å². The predicted molar refractivity (Wildman–Crippen MR) is 152 cm³/mol. The van der Waals surface area contributed by atoms with Crippen LogP contribution in [0.5, 0.6) is 0 Å². The Morgan fingerprint density at radius 3 is 2.40 bits per heavy atom. The maximum absolute atomic E-state index is 13.6. The second kappa shape index (κ2) is 8.43. The molecular weight excluding hydrogens is 504 g/mol. The first kappa shape index (κ1) is 27.0. The third-order valence-electron chi connectivity index (χ3n) is 10.4. The summed E-state index contributed by atoms with van der Waals surface area (Å²) in [6.07, 6.45) is -0.733. The number of amides is 2. The molecule has 1 heterocycles. The van der Waals surface area contributed by atoms with Crippen molar-refractivity contribution in [3.63, 3.8) is 0 Å². The zero-order valence-corrected chi connectivity index (χ0v) is 24.2. The second-order valence-corrected chi connectivity index (χ2v) is 13.8. The van der Waals surface area contributed by atoms with Gasteiger partial charge in [0.25, 0.3) is 0 Å². The van der Waals surface area contributed by atoms with Crippen molar-refractivity contribution < 1.29 is 24.2 Å². The Labute approximate surface area is 236 Å². The van der Waals surface area contributed by atoms with E-state index in [0.29, 0.717) is 18.4 Å². The van der Waals surface area contributed by atoms with Gasteiger partial charge in [0.05, 0.1) is 6.04 Å². The average molecular weight is 545 g/mol. The molecule has 1 saturated heterocycles. The van der Waals surface area contributed by atoms with Crippen LogP contribution < -0.4 is 10.6 Å². The van der Waals surface area contributed by atoms with Crippen molar-refractivity contribution in [3.05, 3.63) is 77.9 Å². The quantitative estimate of drug-likeness (QED) is 0.353. The number of hydrogen-bond donors (Lipinski definition) is 3. The molecular formula is C33H40N2O5. The molecule has 2 bridgehead atoms. The van der Waals surface area contributed by atoms with E-state index < -0.39 is 52.4 Å². The highest BCUT2D eigenvalue weighted by molar-refractivity contribution is 5.80. The van der Waals surface area contributed by atoms with Crippen LogP contribution in [-0.4, -0.2) is 40.5 Å². The summed E-state index contributed by atoms with van der Waals surface area (Å²) in [7, 11) is 0. The molecule has 0 radical (unpaired) electrons. The third-order valence-corrected chi connectivity index (χ3v) is 10.4. The number of rotatable bonds is 5.